The molecule has 0 bridgehead atoms. The number of ether oxygens (including phenoxy) is 3. The second-order valence-electron chi connectivity index (χ2n) is 5.81. The van der Waals surface area contributed by atoms with E-state index in [0.717, 1.165) is 24.3 Å². The van der Waals surface area contributed by atoms with Crippen molar-refractivity contribution in [1.29, 1.82) is 0 Å². The second-order valence-corrected chi connectivity index (χ2v) is 5.81. The van der Waals surface area contributed by atoms with Gasteiger partial charge in [0.05, 0.1) is 18.8 Å². The first-order valence-corrected chi connectivity index (χ1v) is 7.88. The Kier molecular flexibility index (Phi) is 5.88. The Morgan fingerprint density at radius 3 is 2.48 bits per heavy atom. The van der Waals surface area contributed by atoms with E-state index in [2.05, 4.69) is 6.92 Å². The number of nitrogens with two attached hydrogens (primary N) is 1. The maximum absolute atomic E-state index is 6.04. The number of rotatable bonds is 8. The summed E-state index contributed by atoms with van der Waals surface area (Å²) in [6.07, 6.45) is 3.31. The molecule has 0 saturated heterocycles. The van der Waals surface area contributed by atoms with E-state index in [0.29, 0.717) is 32.3 Å². The van der Waals surface area contributed by atoms with Crippen molar-refractivity contribution in [2.24, 2.45) is 11.7 Å². The molecule has 4 nitrogen and oxygen atoms in total. The monoisotopic (exact) mass is 293 g/mol. The third-order valence-electron chi connectivity index (χ3n) is 4.08. The van der Waals surface area contributed by atoms with Gasteiger partial charge in [-0.15, -0.1) is 0 Å². The van der Waals surface area contributed by atoms with E-state index in [9.17, 15) is 0 Å². The normalized spacial score (nSPS) is 25.0. The van der Waals surface area contributed by atoms with E-state index in [-0.39, 0.29) is 5.60 Å². The minimum atomic E-state index is -0.137. The summed E-state index contributed by atoms with van der Waals surface area (Å²) in [6, 6.07) is 7.72. The van der Waals surface area contributed by atoms with Crippen molar-refractivity contribution in [2.45, 2.75) is 38.7 Å². The maximum atomic E-state index is 6.04. The molecular formula is C17H27NO3. The summed E-state index contributed by atoms with van der Waals surface area (Å²) in [5.74, 6) is 2.25. The van der Waals surface area contributed by atoms with Crippen LogP contribution in [0.25, 0.3) is 0 Å². The molecular weight excluding hydrogens is 266 g/mol. The van der Waals surface area contributed by atoms with Crippen molar-refractivity contribution in [3.8, 4) is 11.5 Å². The Labute approximate surface area is 127 Å². The first kappa shape index (κ1) is 16.1. The summed E-state index contributed by atoms with van der Waals surface area (Å²) in [4.78, 5) is 0. The summed E-state index contributed by atoms with van der Waals surface area (Å²) in [7, 11) is 0. The van der Waals surface area contributed by atoms with Crippen LogP contribution >= 0.6 is 0 Å². The van der Waals surface area contributed by atoms with E-state index in [4.69, 9.17) is 19.9 Å². The largest absolute Gasteiger partial charge is 0.490 e. The highest BCUT2D eigenvalue weighted by Gasteiger charge is 2.37. The molecule has 0 spiro atoms. The molecule has 2 atom stereocenters. The van der Waals surface area contributed by atoms with Crippen molar-refractivity contribution in [3.05, 3.63) is 24.3 Å². The molecule has 2 N–H and O–H groups in total. The minimum Gasteiger partial charge on any atom is -0.490 e. The van der Waals surface area contributed by atoms with E-state index in [1.54, 1.807) is 0 Å². The van der Waals surface area contributed by atoms with Gasteiger partial charge in [-0.05, 0) is 44.2 Å². The van der Waals surface area contributed by atoms with Crippen LogP contribution < -0.4 is 15.2 Å². The molecule has 1 fully saturated rings. The third-order valence-corrected chi connectivity index (χ3v) is 4.08. The summed E-state index contributed by atoms with van der Waals surface area (Å²) in [5, 5.41) is 0. The van der Waals surface area contributed by atoms with Crippen molar-refractivity contribution >= 4 is 0 Å². The van der Waals surface area contributed by atoms with Crippen LogP contribution in [-0.4, -0.2) is 32.0 Å². The fourth-order valence-electron chi connectivity index (χ4n) is 2.98. The Hall–Kier alpha value is -1.26. The van der Waals surface area contributed by atoms with Gasteiger partial charge in [-0.25, -0.2) is 0 Å². The Bertz CT molecular complexity index is 438. The lowest BCUT2D eigenvalue weighted by atomic mass is 10.0. The van der Waals surface area contributed by atoms with E-state index < -0.39 is 0 Å². The lowest BCUT2D eigenvalue weighted by molar-refractivity contribution is -0.0464. The third kappa shape index (κ3) is 4.35. The van der Waals surface area contributed by atoms with Crippen LogP contribution in [0.2, 0.25) is 0 Å². The predicted molar refractivity (Wildman–Crippen MR) is 83.9 cm³/mol. The fraction of sp³-hybridized carbons (Fsp3) is 0.647. The molecule has 21 heavy (non-hydrogen) atoms. The molecule has 2 rings (SSSR count). The summed E-state index contributed by atoms with van der Waals surface area (Å²) in [5.41, 5.74) is 5.77. The van der Waals surface area contributed by atoms with Gasteiger partial charge in [0.25, 0.3) is 0 Å². The molecule has 1 aliphatic carbocycles. The zero-order valence-corrected chi connectivity index (χ0v) is 13.1. The zero-order valence-electron chi connectivity index (χ0n) is 13.1. The number of hydrogen-bond acceptors (Lipinski definition) is 4. The lowest BCUT2D eigenvalue weighted by Crippen LogP contribution is -2.39. The highest BCUT2D eigenvalue weighted by Crippen LogP contribution is 2.36. The van der Waals surface area contributed by atoms with E-state index in [1.165, 1.54) is 6.42 Å². The SMILES string of the molecule is CCOc1ccccc1OCCOC1(CN)CCC(C)C1. The molecule has 118 valence electrons. The first-order chi connectivity index (χ1) is 10.2. The molecule has 0 heterocycles. The molecule has 4 heteroatoms. The maximum Gasteiger partial charge on any atom is 0.161 e. The minimum absolute atomic E-state index is 0.137. The predicted octanol–water partition coefficient (Wildman–Crippen LogP) is 3.00. The van der Waals surface area contributed by atoms with E-state index >= 15 is 0 Å². The molecule has 1 aliphatic rings. The molecule has 0 amide bonds. The van der Waals surface area contributed by atoms with Crippen LogP contribution in [-0.2, 0) is 4.74 Å². The summed E-state index contributed by atoms with van der Waals surface area (Å²) in [6.45, 7) is 6.52. The highest BCUT2D eigenvalue weighted by atomic mass is 16.5. The molecule has 0 radical (unpaired) electrons. The molecule has 1 aromatic rings. The molecule has 2 unspecified atom stereocenters. The van der Waals surface area contributed by atoms with Crippen molar-refractivity contribution in [1.82, 2.24) is 0 Å². The smallest absolute Gasteiger partial charge is 0.161 e. The van der Waals surface area contributed by atoms with Crippen LogP contribution in [0, 0.1) is 5.92 Å². The average molecular weight is 293 g/mol. The Morgan fingerprint density at radius 1 is 1.19 bits per heavy atom. The van der Waals surface area contributed by atoms with Gasteiger partial charge in [-0.3, -0.25) is 0 Å². The standard InChI is InChI=1S/C17H27NO3/c1-3-19-15-6-4-5-7-16(15)20-10-11-21-17(13-18)9-8-14(2)12-17/h4-7,14H,3,8-13,18H2,1-2H3. The zero-order chi connectivity index (χ0) is 15.1. The van der Waals surface area contributed by atoms with Gasteiger partial charge < -0.3 is 19.9 Å². The van der Waals surface area contributed by atoms with Crippen LogP contribution in [0.3, 0.4) is 0 Å². The average Bonchev–Trinajstić information content (AvgIpc) is 2.87. The van der Waals surface area contributed by atoms with Crippen LogP contribution in [0.4, 0.5) is 0 Å². The molecule has 0 aliphatic heterocycles. The van der Waals surface area contributed by atoms with Crippen molar-refractivity contribution in [3.63, 3.8) is 0 Å². The summed E-state index contributed by atoms with van der Waals surface area (Å²) < 4.78 is 17.4. The fourth-order valence-corrected chi connectivity index (χ4v) is 2.98. The van der Waals surface area contributed by atoms with Gasteiger partial charge in [0.1, 0.15) is 6.61 Å². The van der Waals surface area contributed by atoms with Crippen LogP contribution in [0.15, 0.2) is 24.3 Å². The Balaban J connectivity index is 1.79. The van der Waals surface area contributed by atoms with Gasteiger partial charge in [-0.1, -0.05) is 19.1 Å². The van der Waals surface area contributed by atoms with Gasteiger partial charge in [0.15, 0.2) is 11.5 Å². The highest BCUT2D eigenvalue weighted by molar-refractivity contribution is 5.39. The van der Waals surface area contributed by atoms with Gasteiger partial charge >= 0.3 is 0 Å². The number of benzene rings is 1. The first-order valence-electron chi connectivity index (χ1n) is 7.88. The molecule has 1 aromatic carbocycles. The second kappa shape index (κ2) is 7.66. The summed E-state index contributed by atoms with van der Waals surface area (Å²) >= 11 is 0. The number of hydrogen-bond donors (Lipinski definition) is 1. The molecule has 1 saturated carbocycles. The van der Waals surface area contributed by atoms with Gasteiger partial charge in [0.2, 0.25) is 0 Å². The van der Waals surface area contributed by atoms with E-state index in [1.807, 2.05) is 31.2 Å². The van der Waals surface area contributed by atoms with Crippen LogP contribution in [0.5, 0.6) is 11.5 Å². The van der Waals surface area contributed by atoms with Crippen LogP contribution in [0.1, 0.15) is 33.1 Å². The quantitative estimate of drug-likeness (QED) is 0.749. The van der Waals surface area contributed by atoms with Crippen molar-refractivity contribution < 1.29 is 14.2 Å². The Morgan fingerprint density at radius 2 is 1.90 bits per heavy atom. The van der Waals surface area contributed by atoms with Crippen molar-refractivity contribution in [2.75, 3.05) is 26.4 Å². The molecule has 0 aromatic heterocycles. The van der Waals surface area contributed by atoms with Gasteiger partial charge in [-0.2, -0.15) is 0 Å². The van der Waals surface area contributed by atoms with Gasteiger partial charge in [0, 0.05) is 6.54 Å². The lowest BCUT2D eigenvalue weighted by Gasteiger charge is -2.28. The topological polar surface area (TPSA) is 53.7 Å². The number of para-hydroxylation sites is 2.